The molecule has 8 nitrogen and oxygen atoms in total. The van der Waals surface area contributed by atoms with Gasteiger partial charge in [-0.3, -0.25) is 9.78 Å². The lowest BCUT2D eigenvalue weighted by atomic mass is 10.0. The molecule has 1 aromatic heterocycles. The van der Waals surface area contributed by atoms with E-state index in [1.54, 1.807) is 19.2 Å². The summed E-state index contributed by atoms with van der Waals surface area (Å²) in [6, 6.07) is 3.68. The van der Waals surface area contributed by atoms with Crippen LogP contribution in [0, 0.1) is 11.6 Å². The quantitative estimate of drug-likeness (QED) is 0.439. The summed E-state index contributed by atoms with van der Waals surface area (Å²) in [5, 5.41) is 5.44. The van der Waals surface area contributed by atoms with Gasteiger partial charge >= 0.3 is 6.18 Å². The molecule has 0 radical (unpaired) electrons. The van der Waals surface area contributed by atoms with E-state index in [4.69, 9.17) is 9.72 Å². The summed E-state index contributed by atoms with van der Waals surface area (Å²) < 4.78 is 73.0. The third-order valence-corrected chi connectivity index (χ3v) is 6.82. The number of piperazine rings is 1. The van der Waals surface area contributed by atoms with Crippen LogP contribution < -0.4 is 15.5 Å². The van der Waals surface area contributed by atoms with Gasteiger partial charge in [0.1, 0.15) is 23.5 Å². The molecular weight excluding hydrogens is 555 g/mol. The molecule has 0 spiro atoms. The molecule has 2 aliphatic heterocycles. The third-order valence-electron chi connectivity index (χ3n) is 6.82. The van der Waals surface area contributed by atoms with E-state index >= 15 is 0 Å². The largest absolute Gasteiger partial charge is 0.405 e. The first kappa shape index (κ1) is 29.7. The van der Waals surface area contributed by atoms with Gasteiger partial charge in [-0.1, -0.05) is 0 Å². The van der Waals surface area contributed by atoms with E-state index in [9.17, 15) is 26.7 Å². The number of fused-ring (bicyclic) bond motifs is 1. The van der Waals surface area contributed by atoms with Gasteiger partial charge in [-0.05, 0) is 31.2 Å². The van der Waals surface area contributed by atoms with Crippen LogP contribution in [0.2, 0.25) is 0 Å². The summed E-state index contributed by atoms with van der Waals surface area (Å²) >= 11 is 0. The fraction of sp³-hybridized carbons (Fsp3) is 0.423. The molecular formula is C26H29F5N6O2S. The normalized spacial score (nSPS) is 18.8. The van der Waals surface area contributed by atoms with Crippen molar-refractivity contribution in [1.82, 2.24) is 20.2 Å². The van der Waals surface area contributed by atoms with Crippen LogP contribution in [0.15, 0.2) is 36.5 Å². The van der Waals surface area contributed by atoms with E-state index in [-0.39, 0.29) is 37.8 Å². The van der Waals surface area contributed by atoms with Crippen LogP contribution in [0.5, 0.6) is 0 Å². The van der Waals surface area contributed by atoms with Gasteiger partial charge in [0, 0.05) is 55.6 Å². The van der Waals surface area contributed by atoms with Gasteiger partial charge in [0.15, 0.2) is 0 Å². The van der Waals surface area contributed by atoms with E-state index in [0.717, 1.165) is 23.1 Å². The number of ether oxygens (including phenoxy) is 1. The predicted octanol–water partition coefficient (Wildman–Crippen LogP) is 4.01. The number of benzene rings is 2. The number of nitrogens with one attached hydrogen (secondary N) is 2. The molecule has 2 aromatic carbocycles. The average Bonchev–Trinajstić information content (AvgIpc) is 2.91. The second-order valence-corrected chi connectivity index (χ2v) is 9.58. The Kier molecular flexibility index (Phi) is 9.00. The highest BCUT2D eigenvalue weighted by Crippen LogP contribution is 2.30. The first-order valence-corrected chi connectivity index (χ1v) is 12.5. The molecule has 0 aliphatic carbocycles. The molecule has 2 saturated heterocycles. The molecule has 216 valence electrons. The van der Waals surface area contributed by atoms with Crippen LogP contribution in [-0.2, 0) is 4.74 Å². The smallest absolute Gasteiger partial charge is 0.378 e. The predicted molar refractivity (Wildman–Crippen MR) is 145 cm³/mol. The number of carbonyl (C=O) groups excluding carboxylic acids is 1. The Morgan fingerprint density at radius 1 is 1.10 bits per heavy atom. The van der Waals surface area contributed by atoms with Crippen LogP contribution in [0.25, 0.3) is 11.0 Å². The van der Waals surface area contributed by atoms with E-state index in [2.05, 4.69) is 15.6 Å². The topological polar surface area (TPSA) is 82.6 Å². The number of alkyl halides is 3. The lowest BCUT2D eigenvalue weighted by Gasteiger charge is -2.34. The van der Waals surface area contributed by atoms with Gasteiger partial charge in [-0.25, -0.2) is 13.8 Å². The minimum absolute atomic E-state index is 0. The fourth-order valence-corrected chi connectivity index (χ4v) is 4.83. The highest BCUT2D eigenvalue weighted by atomic mass is 32.1. The Morgan fingerprint density at radius 3 is 2.48 bits per heavy atom. The highest BCUT2D eigenvalue weighted by Gasteiger charge is 2.43. The maximum Gasteiger partial charge on any atom is 0.405 e. The minimum Gasteiger partial charge on any atom is -0.378 e. The average molecular weight is 585 g/mol. The summed E-state index contributed by atoms with van der Waals surface area (Å²) in [5.74, 6) is -1.49. The molecule has 0 saturated carbocycles. The number of halogens is 5. The molecule has 3 aromatic rings. The van der Waals surface area contributed by atoms with Crippen molar-refractivity contribution in [3.05, 3.63) is 59.3 Å². The minimum atomic E-state index is -4.49. The standard InChI is InChI=1S/C26H27F5N6O2.H2S/c1-15(34-19-11-17(27)10-18(28)12-19)20-8-16(25(38)37-3-2-32-22(14-37)26(29,30)31)9-21-24(20)35-23(13-33-21)36-4-6-39-7-5-36;/h8-13,15,22,32,34H,2-7,14H2,1H3;1H2. The molecule has 40 heavy (non-hydrogen) atoms. The van der Waals surface area contributed by atoms with Crippen molar-refractivity contribution in [3.63, 3.8) is 0 Å². The molecule has 2 aliphatic rings. The first-order chi connectivity index (χ1) is 18.6. The summed E-state index contributed by atoms with van der Waals surface area (Å²) in [5.41, 5.74) is 1.66. The Hall–Kier alpha value is -3.23. The fourth-order valence-electron chi connectivity index (χ4n) is 4.83. The van der Waals surface area contributed by atoms with Gasteiger partial charge in [0.25, 0.3) is 5.91 Å². The Morgan fingerprint density at radius 2 is 1.80 bits per heavy atom. The Labute approximate surface area is 234 Å². The van der Waals surface area contributed by atoms with Crippen LogP contribution in [0.3, 0.4) is 0 Å². The van der Waals surface area contributed by atoms with Gasteiger partial charge < -0.3 is 25.2 Å². The molecule has 2 fully saturated rings. The maximum absolute atomic E-state index is 13.8. The zero-order valence-corrected chi connectivity index (χ0v) is 22.6. The lowest BCUT2D eigenvalue weighted by Crippen LogP contribution is -2.58. The maximum atomic E-state index is 13.8. The van der Waals surface area contributed by atoms with Crippen molar-refractivity contribution < 1.29 is 31.5 Å². The number of anilines is 2. The molecule has 14 heteroatoms. The molecule has 5 rings (SSSR count). The molecule has 2 atom stereocenters. The van der Waals surface area contributed by atoms with Crippen molar-refractivity contribution in [2.75, 3.05) is 56.2 Å². The first-order valence-electron chi connectivity index (χ1n) is 12.5. The van der Waals surface area contributed by atoms with E-state index in [1.165, 1.54) is 6.07 Å². The number of nitrogens with zero attached hydrogens (tertiary/aromatic N) is 4. The van der Waals surface area contributed by atoms with Crippen molar-refractivity contribution in [3.8, 4) is 0 Å². The van der Waals surface area contributed by atoms with Crippen molar-refractivity contribution in [2.24, 2.45) is 0 Å². The van der Waals surface area contributed by atoms with E-state index in [0.29, 0.717) is 48.7 Å². The number of hydrogen-bond acceptors (Lipinski definition) is 7. The van der Waals surface area contributed by atoms with Crippen LogP contribution >= 0.6 is 13.5 Å². The number of amides is 1. The van der Waals surface area contributed by atoms with Crippen molar-refractivity contribution in [1.29, 1.82) is 0 Å². The zero-order chi connectivity index (χ0) is 27.7. The van der Waals surface area contributed by atoms with Crippen LogP contribution in [0.4, 0.5) is 33.5 Å². The van der Waals surface area contributed by atoms with E-state index in [1.807, 2.05) is 4.90 Å². The van der Waals surface area contributed by atoms with Gasteiger partial charge in [-0.15, -0.1) is 0 Å². The second kappa shape index (κ2) is 12.1. The summed E-state index contributed by atoms with van der Waals surface area (Å²) in [7, 11) is 0. The number of aromatic nitrogens is 2. The molecule has 1 amide bonds. The van der Waals surface area contributed by atoms with Gasteiger partial charge in [0.2, 0.25) is 0 Å². The number of morpholine rings is 1. The highest BCUT2D eigenvalue weighted by molar-refractivity contribution is 7.59. The summed E-state index contributed by atoms with van der Waals surface area (Å²) in [4.78, 5) is 25.9. The molecule has 2 N–H and O–H groups in total. The van der Waals surface area contributed by atoms with Crippen molar-refractivity contribution >= 4 is 41.9 Å². The van der Waals surface area contributed by atoms with E-state index < -0.39 is 42.3 Å². The summed E-state index contributed by atoms with van der Waals surface area (Å²) in [6.45, 7) is 3.63. The Balaban J connectivity index is 0.00000370. The van der Waals surface area contributed by atoms with Gasteiger partial charge in [-0.2, -0.15) is 26.7 Å². The second-order valence-electron chi connectivity index (χ2n) is 9.58. The SMILES string of the molecule is CC(Nc1cc(F)cc(F)c1)c1cc(C(=O)N2CCNC(C(F)(F)F)C2)cc2ncc(N3CCOCC3)nc12.S. The lowest BCUT2D eigenvalue weighted by molar-refractivity contribution is -0.162. The van der Waals surface area contributed by atoms with Crippen molar-refractivity contribution in [2.45, 2.75) is 25.2 Å². The molecule has 0 bridgehead atoms. The molecule has 3 heterocycles. The number of hydrogen-bond donors (Lipinski definition) is 2. The zero-order valence-electron chi connectivity index (χ0n) is 21.6. The summed E-state index contributed by atoms with van der Waals surface area (Å²) in [6.07, 6.45) is -2.91. The monoisotopic (exact) mass is 584 g/mol. The Bertz CT molecular complexity index is 1350. The number of rotatable bonds is 5. The van der Waals surface area contributed by atoms with Crippen LogP contribution in [0.1, 0.15) is 28.9 Å². The molecule has 2 unspecified atom stereocenters. The van der Waals surface area contributed by atoms with Crippen LogP contribution in [-0.4, -0.2) is 78.9 Å². The van der Waals surface area contributed by atoms with Gasteiger partial charge in [0.05, 0.1) is 36.5 Å². The number of carbonyl (C=O) groups is 1. The third kappa shape index (κ3) is 6.56.